The Bertz CT molecular complexity index is 355. The van der Waals surface area contributed by atoms with Crippen molar-refractivity contribution in [2.75, 3.05) is 31.9 Å². The van der Waals surface area contributed by atoms with E-state index < -0.39 is 10.0 Å². The molecule has 0 bridgehead atoms. The molecule has 0 amide bonds. The van der Waals surface area contributed by atoms with Crippen LogP contribution in [0.25, 0.3) is 0 Å². The smallest absolute Gasteiger partial charge is 0.214 e. The number of sulfonamides is 1. The van der Waals surface area contributed by atoms with E-state index in [-0.39, 0.29) is 5.75 Å². The van der Waals surface area contributed by atoms with Gasteiger partial charge in [0.15, 0.2) is 0 Å². The molecule has 0 aromatic rings. The minimum absolute atomic E-state index is 0.288. The van der Waals surface area contributed by atoms with E-state index in [1.165, 1.54) is 6.42 Å². The summed E-state index contributed by atoms with van der Waals surface area (Å²) in [5, 5.41) is 3.26. The molecule has 1 N–H and O–H groups in total. The van der Waals surface area contributed by atoms with Gasteiger partial charge < -0.3 is 5.32 Å². The maximum Gasteiger partial charge on any atom is 0.214 e. The highest BCUT2D eigenvalue weighted by Gasteiger charge is 2.26. The van der Waals surface area contributed by atoms with Crippen LogP contribution in [0.3, 0.4) is 0 Å². The molecule has 1 heterocycles. The molecule has 1 atom stereocenters. The molecule has 1 aliphatic heterocycles. The second-order valence-corrected chi connectivity index (χ2v) is 8.34. The van der Waals surface area contributed by atoms with Gasteiger partial charge >= 0.3 is 0 Å². The number of rotatable bonds is 8. The standard InChI is InChI=1S/C15H32N2O2S/c1-4-9-16-10-6-13-20(18,19)17-11-5-7-15(8-12-17)14(2)3/h14-16H,4-13H2,1-3H3. The van der Waals surface area contributed by atoms with Crippen molar-refractivity contribution < 1.29 is 8.42 Å². The van der Waals surface area contributed by atoms with Crippen LogP contribution >= 0.6 is 0 Å². The third kappa shape index (κ3) is 6.10. The minimum Gasteiger partial charge on any atom is -0.317 e. The molecule has 1 aliphatic rings. The second kappa shape index (κ2) is 9.00. The van der Waals surface area contributed by atoms with Gasteiger partial charge in [-0.25, -0.2) is 12.7 Å². The summed E-state index contributed by atoms with van der Waals surface area (Å²) in [5.74, 6) is 1.63. The molecule has 120 valence electrons. The van der Waals surface area contributed by atoms with Crippen molar-refractivity contribution >= 4 is 10.0 Å². The maximum atomic E-state index is 12.3. The van der Waals surface area contributed by atoms with Crippen molar-refractivity contribution in [2.24, 2.45) is 11.8 Å². The van der Waals surface area contributed by atoms with Crippen molar-refractivity contribution in [1.82, 2.24) is 9.62 Å². The molecule has 4 nitrogen and oxygen atoms in total. The average molecular weight is 305 g/mol. The largest absolute Gasteiger partial charge is 0.317 e. The van der Waals surface area contributed by atoms with E-state index in [4.69, 9.17) is 0 Å². The molecule has 1 rings (SSSR count). The van der Waals surface area contributed by atoms with Crippen LogP contribution < -0.4 is 5.32 Å². The minimum atomic E-state index is -3.05. The van der Waals surface area contributed by atoms with Crippen LogP contribution in [0.1, 0.15) is 52.9 Å². The molecular formula is C15H32N2O2S. The maximum absolute atomic E-state index is 12.3. The lowest BCUT2D eigenvalue weighted by Crippen LogP contribution is -2.35. The Hall–Kier alpha value is -0.130. The van der Waals surface area contributed by atoms with Crippen LogP contribution in [0.2, 0.25) is 0 Å². The molecule has 0 aromatic heterocycles. The first kappa shape index (κ1) is 17.9. The second-order valence-electron chi connectivity index (χ2n) is 6.25. The number of hydrogen-bond acceptors (Lipinski definition) is 3. The van der Waals surface area contributed by atoms with Gasteiger partial charge in [0.1, 0.15) is 0 Å². The molecule has 0 spiro atoms. The van der Waals surface area contributed by atoms with Crippen LogP contribution in [-0.4, -0.2) is 44.7 Å². The third-order valence-electron chi connectivity index (χ3n) is 4.25. The monoisotopic (exact) mass is 304 g/mol. The van der Waals surface area contributed by atoms with Crippen molar-refractivity contribution in [3.63, 3.8) is 0 Å². The lowest BCUT2D eigenvalue weighted by molar-refractivity contribution is 0.340. The van der Waals surface area contributed by atoms with E-state index in [0.717, 1.165) is 32.4 Å². The summed E-state index contributed by atoms with van der Waals surface area (Å²) >= 11 is 0. The SMILES string of the molecule is CCCNCCCS(=O)(=O)N1CCCC(C(C)C)CC1. The third-order valence-corrected chi connectivity index (χ3v) is 6.21. The van der Waals surface area contributed by atoms with Gasteiger partial charge in [-0.15, -0.1) is 0 Å². The van der Waals surface area contributed by atoms with E-state index in [2.05, 4.69) is 26.1 Å². The van der Waals surface area contributed by atoms with Crippen LogP contribution in [0.15, 0.2) is 0 Å². The Morgan fingerprint density at radius 1 is 1.20 bits per heavy atom. The van der Waals surface area contributed by atoms with Crippen molar-refractivity contribution in [3.8, 4) is 0 Å². The summed E-state index contributed by atoms with van der Waals surface area (Å²) in [6.45, 7) is 9.81. The van der Waals surface area contributed by atoms with Gasteiger partial charge in [0.05, 0.1) is 5.75 Å². The van der Waals surface area contributed by atoms with Crippen LogP contribution in [0.4, 0.5) is 0 Å². The van der Waals surface area contributed by atoms with E-state index >= 15 is 0 Å². The zero-order valence-electron chi connectivity index (χ0n) is 13.4. The fourth-order valence-corrected chi connectivity index (χ4v) is 4.41. The average Bonchev–Trinajstić information content (AvgIpc) is 2.64. The summed E-state index contributed by atoms with van der Waals surface area (Å²) in [7, 11) is -3.05. The van der Waals surface area contributed by atoms with Gasteiger partial charge in [-0.05, 0) is 57.0 Å². The van der Waals surface area contributed by atoms with Crippen LogP contribution in [-0.2, 0) is 10.0 Å². The van der Waals surface area contributed by atoms with Gasteiger partial charge in [-0.1, -0.05) is 20.8 Å². The Kier molecular flexibility index (Phi) is 8.07. The number of nitrogens with zero attached hydrogens (tertiary/aromatic N) is 1. The van der Waals surface area contributed by atoms with Gasteiger partial charge in [-0.3, -0.25) is 0 Å². The first-order valence-corrected chi connectivity index (χ1v) is 9.76. The molecular weight excluding hydrogens is 272 g/mol. The topological polar surface area (TPSA) is 49.4 Å². The van der Waals surface area contributed by atoms with E-state index in [1.807, 2.05) is 0 Å². The van der Waals surface area contributed by atoms with Crippen molar-refractivity contribution in [3.05, 3.63) is 0 Å². The molecule has 1 saturated heterocycles. The zero-order valence-corrected chi connectivity index (χ0v) is 14.2. The molecule has 1 unspecified atom stereocenters. The highest BCUT2D eigenvalue weighted by Crippen LogP contribution is 2.25. The van der Waals surface area contributed by atoms with Gasteiger partial charge in [0, 0.05) is 13.1 Å². The van der Waals surface area contributed by atoms with E-state index in [1.54, 1.807) is 4.31 Å². The number of hydrogen-bond donors (Lipinski definition) is 1. The molecule has 0 saturated carbocycles. The summed E-state index contributed by atoms with van der Waals surface area (Å²) in [6, 6.07) is 0. The zero-order chi connectivity index (χ0) is 15.0. The normalized spacial score (nSPS) is 22.1. The van der Waals surface area contributed by atoms with Crippen molar-refractivity contribution in [2.45, 2.75) is 52.9 Å². The molecule has 0 aliphatic carbocycles. The highest BCUT2D eigenvalue weighted by atomic mass is 32.2. The predicted octanol–water partition coefficient (Wildman–Crippen LogP) is 2.46. The highest BCUT2D eigenvalue weighted by molar-refractivity contribution is 7.89. The van der Waals surface area contributed by atoms with Crippen molar-refractivity contribution in [1.29, 1.82) is 0 Å². The first-order valence-electron chi connectivity index (χ1n) is 8.16. The summed E-state index contributed by atoms with van der Waals surface area (Å²) in [6.07, 6.45) is 5.00. The quantitative estimate of drug-likeness (QED) is 0.701. The lowest BCUT2D eigenvalue weighted by Gasteiger charge is -2.21. The molecule has 1 fully saturated rings. The molecule has 20 heavy (non-hydrogen) atoms. The lowest BCUT2D eigenvalue weighted by atomic mass is 9.89. The van der Waals surface area contributed by atoms with Crippen LogP contribution in [0, 0.1) is 11.8 Å². The fourth-order valence-electron chi connectivity index (χ4n) is 2.85. The summed E-state index contributed by atoms with van der Waals surface area (Å²) < 4.78 is 26.4. The Morgan fingerprint density at radius 3 is 2.60 bits per heavy atom. The van der Waals surface area contributed by atoms with Gasteiger partial charge in [0.2, 0.25) is 10.0 Å². The predicted molar refractivity (Wildman–Crippen MR) is 85.3 cm³/mol. The van der Waals surface area contributed by atoms with Crippen LogP contribution in [0.5, 0.6) is 0 Å². The first-order chi connectivity index (χ1) is 9.47. The fraction of sp³-hybridized carbons (Fsp3) is 1.00. The van der Waals surface area contributed by atoms with Gasteiger partial charge in [0.25, 0.3) is 0 Å². The molecule has 0 radical (unpaired) electrons. The van der Waals surface area contributed by atoms with E-state index in [0.29, 0.717) is 31.3 Å². The molecule has 0 aromatic carbocycles. The summed E-state index contributed by atoms with van der Waals surface area (Å²) in [4.78, 5) is 0. The Labute approximate surface area is 125 Å². The number of nitrogens with one attached hydrogen (secondary N) is 1. The Morgan fingerprint density at radius 2 is 1.95 bits per heavy atom. The summed E-state index contributed by atoms with van der Waals surface area (Å²) in [5.41, 5.74) is 0. The molecule has 5 heteroatoms. The van der Waals surface area contributed by atoms with E-state index in [9.17, 15) is 8.42 Å². The Balaban J connectivity index is 2.39. The van der Waals surface area contributed by atoms with Gasteiger partial charge in [-0.2, -0.15) is 0 Å².